The molecule has 0 amide bonds. The van der Waals surface area contributed by atoms with E-state index in [2.05, 4.69) is 10.5 Å². The number of anilines is 1. The highest BCUT2D eigenvalue weighted by Crippen LogP contribution is 2.36. The average Bonchev–Trinajstić information content (AvgIpc) is 2.34. The number of nitrogens with one attached hydrogen (secondary N) is 1. The van der Waals surface area contributed by atoms with Crippen molar-refractivity contribution in [2.45, 2.75) is 19.0 Å². The van der Waals surface area contributed by atoms with Gasteiger partial charge in [-0.2, -0.15) is 13.2 Å². The molecule has 0 saturated carbocycles. The normalized spacial score (nSPS) is 12.5. The molecular weight excluding hydrogens is 283 g/mol. The number of hydrogen-bond acceptors (Lipinski definition) is 3. The Kier molecular flexibility index (Phi) is 5.29. The van der Waals surface area contributed by atoms with Gasteiger partial charge in [0.1, 0.15) is 5.84 Å². The Balaban J connectivity index is 2.68. The maximum atomic E-state index is 12.7. The first-order valence-electron chi connectivity index (χ1n) is 5.41. The van der Waals surface area contributed by atoms with Crippen LogP contribution in [0.1, 0.15) is 18.4 Å². The number of halogens is 4. The van der Waals surface area contributed by atoms with E-state index in [4.69, 9.17) is 22.5 Å². The minimum absolute atomic E-state index is 0.0227. The van der Waals surface area contributed by atoms with E-state index in [0.29, 0.717) is 12.8 Å². The molecule has 8 heteroatoms. The van der Waals surface area contributed by atoms with E-state index < -0.39 is 11.7 Å². The van der Waals surface area contributed by atoms with Gasteiger partial charge in [-0.25, -0.2) is 0 Å². The second-order valence-corrected chi connectivity index (χ2v) is 4.25. The predicted octanol–water partition coefficient (Wildman–Crippen LogP) is 3.30. The highest BCUT2D eigenvalue weighted by Gasteiger charge is 2.33. The van der Waals surface area contributed by atoms with Crippen molar-refractivity contribution in [3.63, 3.8) is 0 Å². The van der Waals surface area contributed by atoms with Crippen molar-refractivity contribution in [2.24, 2.45) is 10.9 Å². The molecule has 0 aromatic heterocycles. The van der Waals surface area contributed by atoms with Gasteiger partial charge < -0.3 is 16.3 Å². The van der Waals surface area contributed by atoms with Crippen LogP contribution < -0.4 is 11.1 Å². The van der Waals surface area contributed by atoms with Gasteiger partial charge in [0.2, 0.25) is 0 Å². The molecule has 0 aliphatic carbocycles. The number of alkyl halides is 3. The maximum Gasteiger partial charge on any atom is 0.418 e. The van der Waals surface area contributed by atoms with Gasteiger partial charge in [0.25, 0.3) is 0 Å². The Hall–Kier alpha value is -1.63. The smallest absolute Gasteiger partial charge is 0.409 e. The van der Waals surface area contributed by atoms with Crippen LogP contribution in [0.3, 0.4) is 0 Å². The van der Waals surface area contributed by atoms with Gasteiger partial charge in [-0.05, 0) is 24.6 Å². The number of nitrogens with zero attached hydrogens (tertiary/aromatic N) is 1. The van der Waals surface area contributed by atoms with Crippen LogP contribution in [0.4, 0.5) is 18.9 Å². The Morgan fingerprint density at radius 2 is 2.11 bits per heavy atom. The number of rotatable bonds is 5. The van der Waals surface area contributed by atoms with E-state index >= 15 is 0 Å². The second kappa shape index (κ2) is 6.51. The van der Waals surface area contributed by atoms with E-state index in [1.165, 1.54) is 12.1 Å². The molecule has 0 aliphatic rings. The molecule has 0 saturated heterocycles. The zero-order chi connectivity index (χ0) is 14.5. The van der Waals surface area contributed by atoms with Crippen LogP contribution in [0.2, 0.25) is 5.02 Å². The molecule has 1 aromatic rings. The molecule has 0 fully saturated rings. The highest BCUT2D eigenvalue weighted by molar-refractivity contribution is 6.30. The van der Waals surface area contributed by atoms with Gasteiger partial charge in [-0.3, -0.25) is 0 Å². The van der Waals surface area contributed by atoms with E-state index in [0.717, 1.165) is 6.07 Å². The van der Waals surface area contributed by atoms with Crippen molar-refractivity contribution in [2.75, 3.05) is 11.9 Å². The van der Waals surface area contributed by atoms with Crippen molar-refractivity contribution in [3.8, 4) is 0 Å². The third-order valence-electron chi connectivity index (χ3n) is 2.34. The summed E-state index contributed by atoms with van der Waals surface area (Å²) >= 11 is 5.56. The predicted molar refractivity (Wildman–Crippen MR) is 67.6 cm³/mol. The van der Waals surface area contributed by atoms with Crippen LogP contribution in [-0.2, 0) is 6.18 Å². The summed E-state index contributed by atoms with van der Waals surface area (Å²) < 4.78 is 38.2. The van der Waals surface area contributed by atoms with Crippen molar-refractivity contribution in [1.29, 1.82) is 0 Å². The minimum atomic E-state index is -4.47. The van der Waals surface area contributed by atoms with Crippen LogP contribution in [0.25, 0.3) is 0 Å². The maximum absolute atomic E-state index is 12.7. The number of oxime groups is 1. The standard InChI is InChI=1S/C11H13ClF3N3O/c12-7-3-4-9(8(6-7)11(13,14)15)17-5-1-2-10(16)18-19/h3-4,6,17,19H,1-2,5H2,(H2,16,18). The van der Waals surface area contributed by atoms with Crippen LogP contribution >= 0.6 is 11.6 Å². The highest BCUT2D eigenvalue weighted by atomic mass is 35.5. The molecule has 4 nitrogen and oxygen atoms in total. The topological polar surface area (TPSA) is 70.6 Å². The van der Waals surface area contributed by atoms with Crippen molar-refractivity contribution >= 4 is 23.1 Å². The third-order valence-corrected chi connectivity index (χ3v) is 2.58. The molecule has 0 radical (unpaired) electrons. The lowest BCUT2D eigenvalue weighted by Crippen LogP contribution is -2.15. The van der Waals surface area contributed by atoms with Crippen LogP contribution in [0.15, 0.2) is 23.4 Å². The molecule has 1 aromatic carbocycles. The van der Waals surface area contributed by atoms with Gasteiger partial charge in [-0.15, -0.1) is 0 Å². The molecule has 0 unspecified atom stereocenters. The summed E-state index contributed by atoms with van der Waals surface area (Å²) in [4.78, 5) is 0. The average molecular weight is 296 g/mol. The van der Waals surface area contributed by atoms with Crippen molar-refractivity contribution < 1.29 is 18.4 Å². The third kappa shape index (κ3) is 4.86. The zero-order valence-corrected chi connectivity index (χ0v) is 10.6. The van der Waals surface area contributed by atoms with Gasteiger partial charge in [0, 0.05) is 23.7 Å². The summed E-state index contributed by atoms with van der Waals surface area (Å²) in [6, 6.07) is 3.52. The molecule has 0 bridgehead atoms. The van der Waals surface area contributed by atoms with Crippen LogP contribution in [0, 0.1) is 0 Å². The van der Waals surface area contributed by atoms with Crippen LogP contribution in [0.5, 0.6) is 0 Å². The Morgan fingerprint density at radius 1 is 1.42 bits per heavy atom. The van der Waals surface area contributed by atoms with E-state index in [1.807, 2.05) is 0 Å². The molecule has 19 heavy (non-hydrogen) atoms. The van der Waals surface area contributed by atoms with Gasteiger partial charge in [0.15, 0.2) is 0 Å². The SMILES string of the molecule is NC(CCCNc1ccc(Cl)cc1C(F)(F)F)=NO. The van der Waals surface area contributed by atoms with E-state index in [1.54, 1.807) is 0 Å². The summed E-state index contributed by atoms with van der Waals surface area (Å²) in [5.41, 5.74) is 4.39. The van der Waals surface area contributed by atoms with Gasteiger partial charge >= 0.3 is 6.18 Å². The van der Waals surface area contributed by atoms with Crippen LogP contribution in [-0.4, -0.2) is 17.6 Å². The quantitative estimate of drug-likeness (QED) is 0.257. The summed E-state index contributed by atoms with van der Waals surface area (Å²) in [6.45, 7) is 0.265. The molecule has 0 aliphatic heterocycles. The summed E-state index contributed by atoms with van der Waals surface area (Å²) in [5.74, 6) is 0.0361. The molecule has 1 rings (SSSR count). The molecule has 106 valence electrons. The largest absolute Gasteiger partial charge is 0.418 e. The summed E-state index contributed by atoms with van der Waals surface area (Å²) in [7, 11) is 0. The fourth-order valence-electron chi connectivity index (χ4n) is 1.45. The second-order valence-electron chi connectivity index (χ2n) is 3.81. The fourth-order valence-corrected chi connectivity index (χ4v) is 1.62. The minimum Gasteiger partial charge on any atom is -0.409 e. The molecule has 0 atom stereocenters. The van der Waals surface area contributed by atoms with Gasteiger partial charge in [0.05, 0.1) is 5.56 Å². The zero-order valence-electron chi connectivity index (χ0n) is 9.84. The monoisotopic (exact) mass is 295 g/mol. The van der Waals surface area contributed by atoms with Crippen molar-refractivity contribution in [1.82, 2.24) is 0 Å². The first kappa shape index (κ1) is 15.4. The Bertz CT molecular complexity index is 463. The molecule has 0 heterocycles. The lowest BCUT2D eigenvalue weighted by Gasteiger charge is -2.14. The van der Waals surface area contributed by atoms with E-state index in [-0.39, 0.29) is 23.1 Å². The fraction of sp³-hybridized carbons (Fsp3) is 0.364. The molecule has 4 N–H and O–H groups in total. The Morgan fingerprint density at radius 3 is 2.68 bits per heavy atom. The first-order valence-corrected chi connectivity index (χ1v) is 5.79. The number of benzene rings is 1. The van der Waals surface area contributed by atoms with Gasteiger partial charge in [-0.1, -0.05) is 16.8 Å². The molecular formula is C11H13ClF3N3O. The van der Waals surface area contributed by atoms with Crippen molar-refractivity contribution in [3.05, 3.63) is 28.8 Å². The van der Waals surface area contributed by atoms with E-state index in [9.17, 15) is 13.2 Å². The Labute approximate surface area is 113 Å². The summed E-state index contributed by atoms with van der Waals surface area (Å²) in [5, 5.41) is 13.8. The number of hydrogen-bond donors (Lipinski definition) is 3. The summed E-state index contributed by atoms with van der Waals surface area (Å²) in [6.07, 6.45) is -3.74. The lowest BCUT2D eigenvalue weighted by atomic mass is 10.1. The first-order chi connectivity index (χ1) is 8.84. The number of nitrogens with two attached hydrogens (primary N) is 1. The molecule has 0 spiro atoms. The number of amidine groups is 1. The lowest BCUT2D eigenvalue weighted by molar-refractivity contribution is -0.136.